The van der Waals surface area contributed by atoms with Crippen LogP contribution in [0.4, 0.5) is 0 Å². The van der Waals surface area contributed by atoms with Gasteiger partial charge in [0.25, 0.3) is 0 Å². The lowest BCUT2D eigenvalue weighted by atomic mass is 9.82. The second kappa shape index (κ2) is 7.97. The highest BCUT2D eigenvalue weighted by atomic mass is 16.5. The van der Waals surface area contributed by atoms with Crippen LogP contribution in [0.5, 0.6) is 0 Å². The first kappa shape index (κ1) is 20.0. The minimum atomic E-state index is -0.0525. The summed E-state index contributed by atoms with van der Waals surface area (Å²) in [6.45, 7) is 4.76. The molecule has 0 saturated carbocycles. The number of benzene rings is 2. The van der Waals surface area contributed by atoms with E-state index >= 15 is 0 Å². The van der Waals surface area contributed by atoms with Crippen LogP contribution in [-0.4, -0.2) is 29.4 Å². The topological polar surface area (TPSA) is 64.2 Å². The third-order valence-corrected chi connectivity index (χ3v) is 6.83. The van der Waals surface area contributed by atoms with Gasteiger partial charge in [0.1, 0.15) is 6.10 Å². The molecule has 5 rings (SSSR count). The first-order valence-corrected chi connectivity index (χ1v) is 11.0. The van der Waals surface area contributed by atoms with Gasteiger partial charge in [0.15, 0.2) is 0 Å². The van der Waals surface area contributed by atoms with Gasteiger partial charge in [-0.25, -0.2) is 0 Å². The molecule has 1 aliphatic carbocycles. The average Bonchev–Trinajstić information content (AvgIpc) is 3.37. The van der Waals surface area contributed by atoms with Crippen LogP contribution < -0.4 is 0 Å². The summed E-state index contributed by atoms with van der Waals surface area (Å²) in [6.07, 6.45) is 2.43. The predicted molar refractivity (Wildman–Crippen MR) is 120 cm³/mol. The third-order valence-electron chi connectivity index (χ3n) is 6.83. The number of aromatic amines is 1. The number of rotatable bonds is 5. The molecule has 160 valence electrons. The number of H-pyrrole nitrogens is 1. The molecule has 3 aromatic rings. The van der Waals surface area contributed by atoms with E-state index in [-0.39, 0.29) is 12.1 Å². The lowest BCUT2D eigenvalue weighted by Gasteiger charge is -2.32. The van der Waals surface area contributed by atoms with Gasteiger partial charge in [-0.3, -0.25) is 9.89 Å². The van der Waals surface area contributed by atoms with Crippen molar-refractivity contribution in [3.05, 3.63) is 64.8 Å². The highest BCUT2D eigenvalue weighted by molar-refractivity contribution is 5.75. The van der Waals surface area contributed by atoms with E-state index in [4.69, 9.17) is 9.47 Å². The molecule has 1 fully saturated rings. The number of fused-ring (bicyclic) bond motifs is 3. The van der Waals surface area contributed by atoms with Crippen LogP contribution >= 0.6 is 0 Å². The molecule has 31 heavy (non-hydrogen) atoms. The summed E-state index contributed by atoms with van der Waals surface area (Å²) in [5.74, 6) is 0.668. The second-order valence-electron chi connectivity index (χ2n) is 8.77. The van der Waals surface area contributed by atoms with E-state index in [0.717, 1.165) is 29.8 Å². The van der Waals surface area contributed by atoms with E-state index < -0.39 is 0 Å². The molecule has 1 aliphatic heterocycles. The number of esters is 1. The molecule has 3 unspecified atom stereocenters. The summed E-state index contributed by atoms with van der Waals surface area (Å²) < 4.78 is 10.8. The predicted octanol–water partition coefficient (Wildman–Crippen LogP) is 5.18. The number of nitrogens with zero attached hydrogens (tertiary/aromatic N) is 1. The SMILES string of the molecule is CCC1OC(=O)CC2c3ccc(-c4ccc(-c5cc(COC)[nH]n5)c(C)c4)cc3CC12. The highest BCUT2D eigenvalue weighted by Gasteiger charge is 2.43. The second-order valence-corrected chi connectivity index (χ2v) is 8.77. The number of carbonyl (C=O) groups is 1. The van der Waals surface area contributed by atoms with Crippen LogP contribution in [0.15, 0.2) is 42.5 Å². The summed E-state index contributed by atoms with van der Waals surface area (Å²) in [4.78, 5) is 12.1. The summed E-state index contributed by atoms with van der Waals surface area (Å²) in [5, 5.41) is 7.47. The summed E-state index contributed by atoms with van der Waals surface area (Å²) in [5.41, 5.74) is 9.32. The smallest absolute Gasteiger partial charge is 0.306 e. The zero-order valence-corrected chi connectivity index (χ0v) is 18.3. The molecule has 1 saturated heterocycles. The van der Waals surface area contributed by atoms with Gasteiger partial charge in [-0.15, -0.1) is 0 Å². The van der Waals surface area contributed by atoms with E-state index in [1.54, 1.807) is 7.11 Å². The van der Waals surface area contributed by atoms with Gasteiger partial charge in [0.05, 0.1) is 24.4 Å². The van der Waals surface area contributed by atoms with Crippen molar-refractivity contribution in [3.63, 3.8) is 0 Å². The molecule has 5 heteroatoms. The Morgan fingerprint density at radius 2 is 1.94 bits per heavy atom. The van der Waals surface area contributed by atoms with E-state index in [1.165, 1.54) is 27.8 Å². The lowest BCUT2D eigenvalue weighted by molar-refractivity contribution is -0.159. The Morgan fingerprint density at radius 3 is 2.71 bits per heavy atom. The molecule has 2 aliphatic rings. The van der Waals surface area contributed by atoms with Crippen LogP contribution in [0.2, 0.25) is 0 Å². The zero-order valence-electron chi connectivity index (χ0n) is 18.3. The minimum absolute atomic E-state index is 0.0421. The van der Waals surface area contributed by atoms with Gasteiger partial charge in [-0.05, 0) is 53.6 Å². The van der Waals surface area contributed by atoms with Gasteiger partial charge in [-0.1, -0.05) is 43.3 Å². The largest absolute Gasteiger partial charge is 0.462 e. The number of ether oxygens (including phenoxy) is 2. The molecule has 5 nitrogen and oxygen atoms in total. The summed E-state index contributed by atoms with van der Waals surface area (Å²) in [6, 6.07) is 15.3. The van der Waals surface area contributed by atoms with Gasteiger partial charge < -0.3 is 9.47 Å². The third kappa shape index (κ3) is 3.57. The van der Waals surface area contributed by atoms with Crippen molar-refractivity contribution >= 4 is 5.97 Å². The molecule has 0 radical (unpaired) electrons. The summed E-state index contributed by atoms with van der Waals surface area (Å²) >= 11 is 0. The van der Waals surface area contributed by atoms with E-state index in [9.17, 15) is 4.79 Å². The fourth-order valence-electron chi connectivity index (χ4n) is 5.33. The normalized spacial score (nSPS) is 22.2. The fourth-order valence-corrected chi connectivity index (χ4v) is 5.33. The van der Waals surface area contributed by atoms with Crippen LogP contribution in [0, 0.1) is 12.8 Å². The molecule has 1 N–H and O–H groups in total. The van der Waals surface area contributed by atoms with E-state index in [1.807, 2.05) is 6.07 Å². The molecule has 0 spiro atoms. The van der Waals surface area contributed by atoms with Crippen LogP contribution in [0.25, 0.3) is 22.4 Å². The Morgan fingerprint density at radius 1 is 1.13 bits per heavy atom. The quantitative estimate of drug-likeness (QED) is 0.582. The number of aromatic nitrogens is 2. The molecule has 0 amide bonds. The Hall–Kier alpha value is -2.92. The van der Waals surface area contributed by atoms with Crippen molar-refractivity contribution in [3.8, 4) is 22.4 Å². The van der Waals surface area contributed by atoms with E-state index in [2.05, 4.69) is 60.4 Å². The number of hydrogen-bond donors (Lipinski definition) is 1. The zero-order chi connectivity index (χ0) is 21.5. The Balaban J connectivity index is 1.43. The summed E-state index contributed by atoms with van der Waals surface area (Å²) in [7, 11) is 1.68. The molecular weight excluding hydrogens is 388 g/mol. The number of carbonyl (C=O) groups excluding carboxylic acids is 1. The van der Waals surface area contributed by atoms with Gasteiger partial charge in [-0.2, -0.15) is 5.10 Å². The van der Waals surface area contributed by atoms with Crippen molar-refractivity contribution in [2.75, 3.05) is 7.11 Å². The monoisotopic (exact) mass is 416 g/mol. The lowest BCUT2D eigenvalue weighted by Crippen LogP contribution is -2.35. The Labute approximate surface area is 182 Å². The molecule has 2 aromatic carbocycles. The Kier molecular flexibility index (Phi) is 5.14. The maximum atomic E-state index is 12.1. The molecule has 2 heterocycles. The number of nitrogens with one attached hydrogen (secondary N) is 1. The average molecular weight is 417 g/mol. The van der Waals surface area contributed by atoms with Crippen molar-refractivity contribution in [2.45, 2.75) is 51.7 Å². The van der Waals surface area contributed by atoms with Crippen molar-refractivity contribution in [1.82, 2.24) is 10.2 Å². The van der Waals surface area contributed by atoms with Crippen LogP contribution in [-0.2, 0) is 27.3 Å². The number of cyclic esters (lactones) is 1. The van der Waals surface area contributed by atoms with Gasteiger partial charge in [0.2, 0.25) is 0 Å². The first-order valence-electron chi connectivity index (χ1n) is 11.0. The Bertz CT molecular complexity index is 1130. The van der Waals surface area contributed by atoms with Gasteiger partial charge in [0, 0.05) is 24.5 Å². The van der Waals surface area contributed by atoms with Gasteiger partial charge >= 0.3 is 5.97 Å². The van der Waals surface area contributed by atoms with Crippen molar-refractivity contribution in [1.29, 1.82) is 0 Å². The van der Waals surface area contributed by atoms with Crippen LogP contribution in [0.1, 0.15) is 48.1 Å². The highest BCUT2D eigenvalue weighted by Crippen LogP contribution is 2.47. The molecule has 3 atom stereocenters. The fraction of sp³-hybridized carbons (Fsp3) is 0.385. The molecular formula is C26H28N2O3. The number of aryl methyl sites for hydroxylation is 1. The van der Waals surface area contributed by atoms with Crippen molar-refractivity contribution < 1.29 is 14.3 Å². The molecule has 1 aromatic heterocycles. The standard InChI is InChI=1S/C26H28N2O3/c1-4-25-23-11-18-10-17(6-8-21(18)22(23)13-26(29)31-25)16-5-7-20(15(2)9-16)24-12-19(14-30-3)27-28-24/h5-10,12,22-23,25H,4,11,13-14H2,1-3H3,(H,27,28). The van der Waals surface area contributed by atoms with Crippen LogP contribution in [0.3, 0.4) is 0 Å². The first-order chi connectivity index (χ1) is 15.1. The molecule has 0 bridgehead atoms. The maximum absolute atomic E-state index is 12.1. The number of hydrogen-bond acceptors (Lipinski definition) is 4. The minimum Gasteiger partial charge on any atom is -0.462 e. The van der Waals surface area contributed by atoms with E-state index in [0.29, 0.717) is 24.9 Å². The number of methoxy groups -OCH3 is 1. The maximum Gasteiger partial charge on any atom is 0.306 e. The van der Waals surface area contributed by atoms with Crippen molar-refractivity contribution in [2.24, 2.45) is 5.92 Å².